The first kappa shape index (κ1) is 20.0. The molecule has 0 heterocycles. The Labute approximate surface area is 176 Å². The Kier molecular flexibility index (Phi) is 5.98. The first-order chi connectivity index (χ1) is 14.7. The molecular formula is C25H25FN2O2. The van der Waals surface area contributed by atoms with E-state index in [0.29, 0.717) is 18.5 Å². The summed E-state index contributed by atoms with van der Waals surface area (Å²) in [6, 6.07) is 24.3. The van der Waals surface area contributed by atoms with Gasteiger partial charge in [0.2, 0.25) is 5.91 Å². The molecule has 0 spiro atoms. The van der Waals surface area contributed by atoms with E-state index in [4.69, 9.17) is 4.74 Å². The van der Waals surface area contributed by atoms with Crippen molar-refractivity contribution in [1.82, 2.24) is 5.32 Å². The number of rotatable bonds is 8. The number of benzene rings is 3. The van der Waals surface area contributed by atoms with Gasteiger partial charge in [0.05, 0.1) is 13.2 Å². The van der Waals surface area contributed by atoms with Crippen molar-refractivity contribution in [2.45, 2.75) is 18.4 Å². The molecule has 4 rings (SSSR count). The molecule has 1 aliphatic carbocycles. The standard InChI is InChI=1S/C25H25FN2O2/c1-30-19-11-7-10-18(14-19)28-24(17-8-3-2-4-9-17)16-27-25(29)22-15-21(22)20-12-5-6-13-23(20)26/h2-14,21-22,24,28H,15-16H2,1H3,(H,27,29)/t21-,22+,24-/m1/s1. The fourth-order valence-electron chi connectivity index (χ4n) is 3.79. The second kappa shape index (κ2) is 8.99. The summed E-state index contributed by atoms with van der Waals surface area (Å²) in [6.07, 6.45) is 0.687. The number of ether oxygens (including phenoxy) is 1. The molecule has 1 aliphatic rings. The van der Waals surface area contributed by atoms with Crippen LogP contribution in [0.25, 0.3) is 0 Å². The van der Waals surface area contributed by atoms with Crippen molar-refractivity contribution in [2.24, 2.45) is 5.92 Å². The lowest BCUT2D eigenvalue weighted by Gasteiger charge is -2.21. The molecule has 3 atom stereocenters. The number of methoxy groups -OCH3 is 1. The fraction of sp³-hybridized carbons (Fsp3) is 0.240. The number of hydrogen-bond donors (Lipinski definition) is 2. The van der Waals surface area contributed by atoms with Gasteiger partial charge in [0.1, 0.15) is 11.6 Å². The summed E-state index contributed by atoms with van der Waals surface area (Å²) in [7, 11) is 1.63. The van der Waals surface area contributed by atoms with E-state index in [1.54, 1.807) is 19.2 Å². The van der Waals surface area contributed by atoms with E-state index >= 15 is 0 Å². The van der Waals surface area contributed by atoms with Crippen LogP contribution in [0, 0.1) is 11.7 Å². The molecule has 0 aromatic heterocycles. The highest BCUT2D eigenvalue weighted by Gasteiger charge is 2.45. The average Bonchev–Trinajstić information content (AvgIpc) is 3.58. The van der Waals surface area contributed by atoms with E-state index < -0.39 is 0 Å². The van der Waals surface area contributed by atoms with Gasteiger partial charge in [-0.05, 0) is 41.7 Å². The predicted molar refractivity (Wildman–Crippen MR) is 116 cm³/mol. The molecule has 0 radical (unpaired) electrons. The molecule has 0 aliphatic heterocycles. The van der Waals surface area contributed by atoms with Gasteiger partial charge in [0.15, 0.2) is 0 Å². The smallest absolute Gasteiger partial charge is 0.223 e. The van der Waals surface area contributed by atoms with Gasteiger partial charge in [-0.3, -0.25) is 4.79 Å². The molecule has 0 saturated heterocycles. The van der Waals surface area contributed by atoms with Crippen LogP contribution in [0.3, 0.4) is 0 Å². The van der Waals surface area contributed by atoms with Gasteiger partial charge in [0, 0.05) is 24.2 Å². The van der Waals surface area contributed by atoms with Crippen LogP contribution in [0.15, 0.2) is 78.9 Å². The van der Waals surface area contributed by atoms with Crippen molar-refractivity contribution in [2.75, 3.05) is 19.0 Å². The summed E-state index contributed by atoms with van der Waals surface area (Å²) in [4.78, 5) is 12.7. The summed E-state index contributed by atoms with van der Waals surface area (Å²) in [5, 5.41) is 6.54. The lowest BCUT2D eigenvalue weighted by molar-refractivity contribution is -0.122. The van der Waals surface area contributed by atoms with Crippen LogP contribution in [0.5, 0.6) is 5.75 Å². The van der Waals surface area contributed by atoms with Gasteiger partial charge in [-0.1, -0.05) is 54.6 Å². The Balaban J connectivity index is 1.42. The van der Waals surface area contributed by atoms with E-state index in [0.717, 1.165) is 17.0 Å². The highest BCUT2D eigenvalue weighted by atomic mass is 19.1. The number of hydrogen-bond acceptors (Lipinski definition) is 3. The molecule has 1 amide bonds. The van der Waals surface area contributed by atoms with E-state index in [9.17, 15) is 9.18 Å². The van der Waals surface area contributed by atoms with Gasteiger partial charge in [-0.25, -0.2) is 4.39 Å². The molecule has 154 valence electrons. The summed E-state index contributed by atoms with van der Waals surface area (Å²) >= 11 is 0. The number of carbonyl (C=O) groups excluding carboxylic acids is 1. The van der Waals surface area contributed by atoms with Crippen molar-refractivity contribution in [3.63, 3.8) is 0 Å². The first-order valence-electron chi connectivity index (χ1n) is 10.1. The van der Waals surface area contributed by atoms with Crippen molar-refractivity contribution in [3.05, 3.63) is 95.8 Å². The minimum atomic E-state index is -0.236. The normalized spacial score (nSPS) is 18.3. The molecule has 3 aromatic rings. The monoisotopic (exact) mass is 404 g/mol. The molecule has 0 unspecified atom stereocenters. The summed E-state index contributed by atoms with van der Waals surface area (Å²) in [5.41, 5.74) is 2.61. The maximum atomic E-state index is 14.0. The van der Waals surface area contributed by atoms with E-state index in [1.165, 1.54) is 6.07 Å². The van der Waals surface area contributed by atoms with Crippen LogP contribution < -0.4 is 15.4 Å². The Morgan fingerprint density at radius 1 is 1.07 bits per heavy atom. The third-order valence-corrected chi connectivity index (χ3v) is 5.52. The topological polar surface area (TPSA) is 50.4 Å². The summed E-state index contributed by atoms with van der Waals surface area (Å²) < 4.78 is 19.3. The van der Waals surface area contributed by atoms with Crippen LogP contribution in [0.1, 0.15) is 29.5 Å². The predicted octanol–water partition coefficient (Wildman–Crippen LogP) is 4.91. The number of nitrogens with one attached hydrogen (secondary N) is 2. The average molecular weight is 404 g/mol. The highest BCUT2D eigenvalue weighted by molar-refractivity contribution is 5.83. The number of carbonyl (C=O) groups is 1. The van der Waals surface area contributed by atoms with Crippen molar-refractivity contribution >= 4 is 11.6 Å². The fourth-order valence-corrected chi connectivity index (χ4v) is 3.79. The molecule has 30 heavy (non-hydrogen) atoms. The molecule has 2 N–H and O–H groups in total. The second-order valence-electron chi connectivity index (χ2n) is 7.55. The van der Waals surface area contributed by atoms with Gasteiger partial charge in [-0.2, -0.15) is 0 Å². The molecule has 4 nitrogen and oxygen atoms in total. The Morgan fingerprint density at radius 2 is 1.83 bits per heavy atom. The zero-order valence-corrected chi connectivity index (χ0v) is 16.8. The van der Waals surface area contributed by atoms with E-state index in [-0.39, 0.29) is 29.6 Å². The van der Waals surface area contributed by atoms with Gasteiger partial charge in [0.25, 0.3) is 0 Å². The van der Waals surface area contributed by atoms with E-state index in [1.807, 2.05) is 60.7 Å². The minimum absolute atomic E-state index is 0.0309. The van der Waals surface area contributed by atoms with Crippen LogP contribution in [-0.4, -0.2) is 19.6 Å². The zero-order chi connectivity index (χ0) is 20.9. The maximum Gasteiger partial charge on any atom is 0.223 e. The third kappa shape index (κ3) is 4.62. The van der Waals surface area contributed by atoms with Crippen LogP contribution in [0.4, 0.5) is 10.1 Å². The number of anilines is 1. The van der Waals surface area contributed by atoms with Crippen LogP contribution >= 0.6 is 0 Å². The molecule has 1 fully saturated rings. The summed E-state index contributed by atoms with van der Waals surface area (Å²) in [6.45, 7) is 0.431. The molecule has 5 heteroatoms. The molecule has 0 bridgehead atoms. The maximum absolute atomic E-state index is 14.0. The van der Waals surface area contributed by atoms with Gasteiger partial charge in [-0.15, -0.1) is 0 Å². The largest absolute Gasteiger partial charge is 0.497 e. The minimum Gasteiger partial charge on any atom is -0.497 e. The quantitative estimate of drug-likeness (QED) is 0.561. The number of halogens is 1. The van der Waals surface area contributed by atoms with Crippen LogP contribution in [0.2, 0.25) is 0 Å². The summed E-state index contributed by atoms with van der Waals surface area (Å²) in [5.74, 6) is 0.292. The first-order valence-corrected chi connectivity index (χ1v) is 10.1. The Morgan fingerprint density at radius 3 is 2.60 bits per heavy atom. The molecule has 1 saturated carbocycles. The van der Waals surface area contributed by atoms with Crippen molar-refractivity contribution < 1.29 is 13.9 Å². The van der Waals surface area contributed by atoms with Gasteiger partial charge >= 0.3 is 0 Å². The lowest BCUT2D eigenvalue weighted by Crippen LogP contribution is -2.32. The van der Waals surface area contributed by atoms with Crippen LogP contribution in [-0.2, 0) is 4.79 Å². The van der Waals surface area contributed by atoms with E-state index in [2.05, 4.69) is 10.6 Å². The zero-order valence-electron chi connectivity index (χ0n) is 16.8. The number of amides is 1. The highest BCUT2D eigenvalue weighted by Crippen LogP contribution is 2.48. The lowest BCUT2D eigenvalue weighted by atomic mass is 10.1. The SMILES string of the molecule is COc1cccc(N[C@H](CNC(=O)[C@H]2C[C@@H]2c2ccccc2F)c2ccccc2)c1. The Bertz CT molecular complexity index is 1010. The third-order valence-electron chi connectivity index (χ3n) is 5.52. The van der Waals surface area contributed by atoms with Crippen molar-refractivity contribution in [1.29, 1.82) is 0 Å². The molecular weight excluding hydrogens is 379 g/mol. The van der Waals surface area contributed by atoms with Gasteiger partial charge < -0.3 is 15.4 Å². The Hall–Kier alpha value is -3.34. The van der Waals surface area contributed by atoms with Crippen molar-refractivity contribution in [3.8, 4) is 5.75 Å². The molecule has 3 aromatic carbocycles. The second-order valence-corrected chi connectivity index (χ2v) is 7.55.